The number of nitriles is 1. The Bertz CT molecular complexity index is 461. The first kappa shape index (κ1) is 22.9. The van der Waals surface area contributed by atoms with Gasteiger partial charge < -0.3 is 14.2 Å². The number of rotatable bonds is 13. The highest BCUT2D eigenvalue weighted by Gasteiger charge is 2.30. The maximum Gasteiger partial charge on any atom is 0.323 e. The zero-order valence-electron chi connectivity index (χ0n) is 15.2. The van der Waals surface area contributed by atoms with Crippen molar-refractivity contribution in [1.82, 2.24) is 5.32 Å². The molecule has 0 aromatic carbocycles. The van der Waals surface area contributed by atoms with Gasteiger partial charge in [0.2, 0.25) is 0 Å². The first-order valence-electron chi connectivity index (χ1n) is 8.61. The Labute approximate surface area is 148 Å². The first-order valence-corrected chi connectivity index (χ1v) is 8.61. The van der Waals surface area contributed by atoms with Crippen molar-refractivity contribution in [3.05, 3.63) is 0 Å². The molecule has 0 saturated carbocycles. The second kappa shape index (κ2) is 14.2. The van der Waals surface area contributed by atoms with Crippen LogP contribution < -0.4 is 5.32 Å². The molecule has 0 rings (SSSR count). The third kappa shape index (κ3) is 10.4. The number of carbonyl (C=O) groups is 3. The standard InChI is InChI=1S/C17H28N2O6/c1-4-23-15(20)12-14(17(22)25-6-3)19-13(16(21)24-5-2)10-8-7-9-11-18/h13-14,19H,4-10,12H2,1-3H3. The number of ether oxygens (including phenoxy) is 3. The predicted octanol–water partition coefficient (Wildman–Crippen LogP) is 1.48. The first-order chi connectivity index (χ1) is 12.0. The van der Waals surface area contributed by atoms with Crippen LogP contribution >= 0.6 is 0 Å². The Kier molecular flexibility index (Phi) is 13.0. The smallest absolute Gasteiger partial charge is 0.323 e. The molecule has 0 heterocycles. The monoisotopic (exact) mass is 356 g/mol. The van der Waals surface area contributed by atoms with Gasteiger partial charge in [-0.2, -0.15) is 5.26 Å². The van der Waals surface area contributed by atoms with Crippen LogP contribution in [-0.2, 0) is 28.6 Å². The van der Waals surface area contributed by atoms with Crippen LogP contribution in [-0.4, -0.2) is 49.8 Å². The van der Waals surface area contributed by atoms with Gasteiger partial charge in [-0.05, 0) is 33.6 Å². The van der Waals surface area contributed by atoms with E-state index >= 15 is 0 Å². The normalized spacial score (nSPS) is 12.6. The number of nitrogens with one attached hydrogen (secondary N) is 1. The topological polar surface area (TPSA) is 115 Å². The van der Waals surface area contributed by atoms with Crippen molar-refractivity contribution in [1.29, 1.82) is 5.26 Å². The van der Waals surface area contributed by atoms with Crippen LogP contribution in [0.2, 0.25) is 0 Å². The zero-order chi connectivity index (χ0) is 19.1. The highest BCUT2D eigenvalue weighted by Crippen LogP contribution is 2.09. The molecular weight excluding hydrogens is 328 g/mol. The molecule has 0 spiro atoms. The maximum atomic E-state index is 12.1. The lowest BCUT2D eigenvalue weighted by Crippen LogP contribution is -2.49. The van der Waals surface area contributed by atoms with Crippen molar-refractivity contribution >= 4 is 17.9 Å². The molecule has 1 N–H and O–H groups in total. The summed E-state index contributed by atoms with van der Waals surface area (Å²) in [4.78, 5) is 35.9. The number of carbonyl (C=O) groups excluding carboxylic acids is 3. The summed E-state index contributed by atoms with van der Waals surface area (Å²) in [5.74, 6) is -1.68. The average molecular weight is 356 g/mol. The molecule has 0 aromatic rings. The fraction of sp³-hybridized carbons (Fsp3) is 0.765. The highest BCUT2D eigenvalue weighted by atomic mass is 16.5. The fourth-order valence-corrected chi connectivity index (χ4v) is 2.15. The molecule has 2 atom stereocenters. The van der Waals surface area contributed by atoms with Gasteiger partial charge in [0.05, 0.1) is 32.3 Å². The maximum absolute atomic E-state index is 12.1. The van der Waals surface area contributed by atoms with Crippen molar-refractivity contribution < 1.29 is 28.6 Å². The predicted molar refractivity (Wildman–Crippen MR) is 89.3 cm³/mol. The van der Waals surface area contributed by atoms with Crippen LogP contribution in [0.4, 0.5) is 0 Å². The van der Waals surface area contributed by atoms with E-state index in [1.807, 2.05) is 6.07 Å². The van der Waals surface area contributed by atoms with Crippen molar-refractivity contribution in [2.24, 2.45) is 0 Å². The van der Waals surface area contributed by atoms with Crippen molar-refractivity contribution in [3.8, 4) is 6.07 Å². The van der Waals surface area contributed by atoms with E-state index in [1.54, 1.807) is 20.8 Å². The molecule has 0 fully saturated rings. The van der Waals surface area contributed by atoms with E-state index in [0.29, 0.717) is 25.7 Å². The van der Waals surface area contributed by atoms with E-state index < -0.39 is 30.0 Å². The van der Waals surface area contributed by atoms with Gasteiger partial charge >= 0.3 is 17.9 Å². The third-order valence-electron chi connectivity index (χ3n) is 3.25. The number of hydrogen-bond donors (Lipinski definition) is 1. The van der Waals surface area contributed by atoms with Gasteiger partial charge in [-0.15, -0.1) is 0 Å². The van der Waals surface area contributed by atoms with Gasteiger partial charge in [0.25, 0.3) is 0 Å². The molecule has 0 bridgehead atoms. The summed E-state index contributed by atoms with van der Waals surface area (Å²) < 4.78 is 14.8. The molecule has 0 aliphatic carbocycles. The number of esters is 3. The molecular formula is C17H28N2O6. The molecule has 0 radical (unpaired) electrons. The SMILES string of the molecule is CCOC(=O)CC(NC(CCCCC#N)C(=O)OCC)C(=O)OCC. The van der Waals surface area contributed by atoms with Crippen molar-refractivity contribution in [2.45, 2.75) is 65.0 Å². The summed E-state index contributed by atoms with van der Waals surface area (Å²) in [5, 5.41) is 11.4. The Hall–Kier alpha value is -2.14. The molecule has 0 aliphatic heterocycles. The summed E-state index contributed by atoms with van der Waals surface area (Å²) in [7, 11) is 0. The van der Waals surface area contributed by atoms with Crippen LogP contribution in [0.1, 0.15) is 52.9 Å². The third-order valence-corrected chi connectivity index (χ3v) is 3.25. The van der Waals surface area contributed by atoms with E-state index in [2.05, 4.69) is 5.32 Å². The quantitative estimate of drug-likeness (QED) is 0.300. The number of hydrogen-bond acceptors (Lipinski definition) is 8. The number of nitrogens with zero attached hydrogens (tertiary/aromatic N) is 1. The van der Waals surface area contributed by atoms with Gasteiger partial charge in [-0.1, -0.05) is 6.42 Å². The molecule has 0 aliphatic rings. The summed E-state index contributed by atoms with van der Waals surface area (Å²) in [6.07, 6.45) is 1.79. The van der Waals surface area contributed by atoms with Crippen LogP contribution in [0.5, 0.6) is 0 Å². The van der Waals surface area contributed by atoms with E-state index in [0.717, 1.165) is 0 Å². The zero-order valence-corrected chi connectivity index (χ0v) is 15.2. The van der Waals surface area contributed by atoms with E-state index in [-0.39, 0.29) is 26.2 Å². The minimum atomic E-state index is -0.996. The van der Waals surface area contributed by atoms with Crippen LogP contribution in [0.3, 0.4) is 0 Å². The van der Waals surface area contributed by atoms with Gasteiger partial charge in [0.15, 0.2) is 0 Å². The second-order valence-corrected chi connectivity index (χ2v) is 5.19. The van der Waals surface area contributed by atoms with E-state index in [1.165, 1.54) is 0 Å². The molecule has 0 saturated heterocycles. The lowest BCUT2D eigenvalue weighted by molar-refractivity contribution is -0.154. The summed E-state index contributed by atoms with van der Waals surface area (Å²) in [6.45, 7) is 5.57. The molecule has 2 unspecified atom stereocenters. The second-order valence-electron chi connectivity index (χ2n) is 5.19. The molecule has 142 valence electrons. The van der Waals surface area contributed by atoms with Gasteiger partial charge in [0.1, 0.15) is 12.1 Å². The lowest BCUT2D eigenvalue weighted by Gasteiger charge is -2.23. The van der Waals surface area contributed by atoms with Gasteiger partial charge in [0, 0.05) is 6.42 Å². The molecule has 25 heavy (non-hydrogen) atoms. The Morgan fingerprint density at radius 1 is 0.920 bits per heavy atom. The van der Waals surface area contributed by atoms with Crippen LogP contribution in [0.15, 0.2) is 0 Å². The number of unbranched alkanes of at least 4 members (excludes halogenated alkanes) is 2. The molecule has 0 amide bonds. The van der Waals surface area contributed by atoms with Crippen molar-refractivity contribution in [3.63, 3.8) is 0 Å². The Morgan fingerprint density at radius 3 is 2.00 bits per heavy atom. The van der Waals surface area contributed by atoms with Gasteiger partial charge in [-0.3, -0.25) is 19.7 Å². The van der Waals surface area contributed by atoms with Crippen molar-refractivity contribution in [2.75, 3.05) is 19.8 Å². The average Bonchev–Trinajstić information content (AvgIpc) is 2.57. The molecule has 8 heteroatoms. The lowest BCUT2D eigenvalue weighted by atomic mass is 10.1. The van der Waals surface area contributed by atoms with Gasteiger partial charge in [-0.25, -0.2) is 0 Å². The van der Waals surface area contributed by atoms with Crippen LogP contribution in [0, 0.1) is 11.3 Å². The summed E-state index contributed by atoms with van der Waals surface area (Å²) in [6, 6.07) is 0.282. The van der Waals surface area contributed by atoms with E-state index in [4.69, 9.17) is 19.5 Å². The molecule has 0 aromatic heterocycles. The Morgan fingerprint density at radius 2 is 1.48 bits per heavy atom. The fourth-order valence-electron chi connectivity index (χ4n) is 2.15. The highest BCUT2D eigenvalue weighted by molar-refractivity contribution is 5.84. The largest absolute Gasteiger partial charge is 0.466 e. The van der Waals surface area contributed by atoms with E-state index in [9.17, 15) is 14.4 Å². The minimum absolute atomic E-state index is 0.159. The summed E-state index contributed by atoms with van der Waals surface area (Å²) in [5.41, 5.74) is 0. The Balaban J connectivity index is 4.99. The minimum Gasteiger partial charge on any atom is -0.466 e. The summed E-state index contributed by atoms with van der Waals surface area (Å²) >= 11 is 0. The van der Waals surface area contributed by atoms with Crippen LogP contribution in [0.25, 0.3) is 0 Å². The molecule has 8 nitrogen and oxygen atoms in total.